The Morgan fingerprint density at radius 3 is 2.19 bits per heavy atom. The molecule has 0 aromatic heterocycles. The van der Waals surface area contributed by atoms with Crippen LogP contribution in [0, 0.1) is 11.8 Å². The van der Waals surface area contributed by atoms with Gasteiger partial charge in [-0.1, -0.05) is 33.8 Å². The van der Waals surface area contributed by atoms with Crippen LogP contribution < -0.4 is 14.8 Å². The van der Waals surface area contributed by atoms with Crippen molar-refractivity contribution in [2.75, 3.05) is 13.2 Å². The summed E-state index contributed by atoms with van der Waals surface area (Å²) < 4.78 is 11.2. The van der Waals surface area contributed by atoms with Crippen LogP contribution in [0.2, 0.25) is 0 Å². The van der Waals surface area contributed by atoms with E-state index in [0.29, 0.717) is 19.3 Å². The molecule has 0 aliphatic carbocycles. The van der Waals surface area contributed by atoms with Crippen molar-refractivity contribution in [3.8, 4) is 11.5 Å². The van der Waals surface area contributed by atoms with Gasteiger partial charge in [0, 0.05) is 12.6 Å². The monoisotopic (exact) mass is 291 g/mol. The van der Waals surface area contributed by atoms with Crippen LogP contribution >= 0.6 is 0 Å². The van der Waals surface area contributed by atoms with Crippen molar-refractivity contribution in [3.05, 3.63) is 23.8 Å². The van der Waals surface area contributed by atoms with E-state index in [2.05, 4.69) is 45.1 Å². The van der Waals surface area contributed by atoms with Crippen LogP contribution in [0.1, 0.15) is 46.1 Å². The van der Waals surface area contributed by atoms with Crippen molar-refractivity contribution < 1.29 is 9.47 Å². The maximum atomic E-state index is 5.65. The maximum absolute atomic E-state index is 5.65. The molecule has 0 bridgehead atoms. The van der Waals surface area contributed by atoms with Crippen molar-refractivity contribution in [1.82, 2.24) is 5.32 Å². The van der Waals surface area contributed by atoms with Gasteiger partial charge in [-0.25, -0.2) is 0 Å². The molecule has 2 rings (SSSR count). The average Bonchev–Trinajstić information content (AvgIpc) is 2.43. The largest absolute Gasteiger partial charge is 0.486 e. The highest BCUT2D eigenvalue weighted by atomic mass is 16.6. The van der Waals surface area contributed by atoms with Crippen molar-refractivity contribution >= 4 is 0 Å². The summed E-state index contributed by atoms with van der Waals surface area (Å²) in [6.45, 7) is 11.3. The predicted molar refractivity (Wildman–Crippen MR) is 87.0 cm³/mol. The third-order valence-corrected chi connectivity index (χ3v) is 3.71. The number of hydrogen-bond acceptors (Lipinski definition) is 3. The first-order chi connectivity index (χ1) is 10.0. The van der Waals surface area contributed by atoms with E-state index in [9.17, 15) is 0 Å². The van der Waals surface area contributed by atoms with Crippen LogP contribution in [0.15, 0.2) is 18.2 Å². The lowest BCUT2D eigenvalue weighted by molar-refractivity contribution is 0.171. The Hall–Kier alpha value is -1.22. The smallest absolute Gasteiger partial charge is 0.161 e. The Balaban J connectivity index is 1.93. The normalized spacial score (nSPS) is 14.2. The molecule has 0 saturated heterocycles. The van der Waals surface area contributed by atoms with E-state index >= 15 is 0 Å². The molecule has 0 radical (unpaired) electrons. The Morgan fingerprint density at radius 2 is 1.57 bits per heavy atom. The molecule has 1 aromatic rings. The third-order valence-electron chi connectivity index (χ3n) is 3.71. The molecule has 1 aromatic carbocycles. The van der Waals surface area contributed by atoms with Crippen LogP contribution in [0.5, 0.6) is 11.5 Å². The lowest BCUT2D eigenvalue weighted by atomic mass is 9.95. The van der Waals surface area contributed by atoms with Crippen LogP contribution in [0.3, 0.4) is 0 Å². The number of hydrogen-bond donors (Lipinski definition) is 1. The highest BCUT2D eigenvalue weighted by Gasteiger charge is 2.14. The topological polar surface area (TPSA) is 30.5 Å². The number of rotatable bonds is 7. The summed E-state index contributed by atoms with van der Waals surface area (Å²) in [6.07, 6.45) is 2.45. The number of benzene rings is 1. The van der Waals surface area contributed by atoms with Gasteiger partial charge in [0.25, 0.3) is 0 Å². The van der Waals surface area contributed by atoms with Gasteiger partial charge >= 0.3 is 0 Å². The lowest BCUT2D eigenvalue weighted by Crippen LogP contribution is -2.31. The van der Waals surface area contributed by atoms with E-state index in [0.717, 1.165) is 29.9 Å². The SMILES string of the molecule is CC(C)CC(CC(C)C)NCc1ccc2c(c1)OCCO2. The zero-order chi connectivity index (χ0) is 15.2. The second-order valence-corrected chi connectivity index (χ2v) is 6.81. The molecule has 1 aliphatic rings. The highest BCUT2D eigenvalue weighted by molar-refractivity contribution is 5.43. The zero-order valence-electron chi connectivity index (χ0n) is 13.8. The van der Waals surface area contributed by atoms with Crippen molar-refractivity contribution in [1.29, 1.82) is 0 Å². The number of ether oxygens (including phenoxy) is 2. The molecule has 1 heterocycles. The number of nitrogens with one attached hydrogen (secondary N) is 1. The van der Waals surface area contributed by atoms with Gasteiger partial charge in [-0.05, 0) is 42.4 Å². The summed E-state index contributed by atoms with van der Waals surface area (Å²) in [7, 11) is 0. The molecule has 0 atom stereocenters. The van der Waals surface area contributed by atoms with Gasteiger partial charge in [0.2, 0.25) is 0 Å². The third kappa shape index (κ3) is 5.24. The molecule has 0 amide bonds. The zero-order valence-corrected chi connectivity index (χ0v) is 13.8. The first-order valence-corrected chi connectivity index (χ1v) is 8.16. The quantitative estimate of drug-likeness (QED) is 0.823. The van der Waals surface area contributed by atoms with Crippen LogP contribution in [0.25, 0.3) is 0 Å². The minimum Gasteiger partial charge on any atom is -0.486 e. The molecule has 1 aliphatic heterocycles. The maximum Gasteiger partial charge on any atom is 0.161 e. The van der Waals surface area contributed by atoms with E-state index < -0.39 is 0 Å². The summed E-state index contributed by atoms with van der Waals surface area (Å²) in [5, 5.41) is 3.71. The molecule has 3 nitrogen and oxygen atoms in total. The lowest BCUT2D eigenvalue weighted by Gasteiger charge is -2.23. The Bertz CT molecular complexity index is 433. The molecule has 21 heavy (non-hydrogen) atoms. The molecule has 0 saturated carbocycles. The summed E-state index contributed by atoms with van der Waals surface area (Å²) >= 11 is 0. The van der Waals surface area contributed by atoms with Gasteiger partial charge in [-0.2, -0.15) is 0 Å². The molecular formula is C18H29NO2. The van der Waals surface area contributed by atoms with Gasteiger partial charge in [-0.15, -0.1) is 0 Å². The second kappa shape index (κ2) is 7.69. The molecule has 0 fully saturated rings. The molecule has 0 spiro atoms. The van der Waals surface area contributed by atoms with E-state index in [1.54, 1.807) is 0 Å². The second-order valence-electron chi connectivity index (χ2n) is 6.81. The van der Waals surface area contributed by atoms with Gasteiger partial charge in [0.05, 0.1) is 0 Å². The van der Waals surface area contributed by atoms with E-state index in [4.69, 9.17) is 9.47 Å². The minimum absolute atomic E-state index is 0.582. The molecular weight excluding hydrogens is 262 g/mol. The van der Waals surface area contributed by atoms with Crippen LogP contribution in [-0.2, 0) is 6.54 Å². The van der Waals surface area contributed by atoms with E-state index in [1.165, 1.54) is 18.4 Å². The van der Waals surface area contributed by atoms with Gasteiger partial charge in [0.1, 0.15) is 13.2 Å². The molecule has 3 heteroatoms. The minimum atomic E-state index is 0.582. The van der Waals surface area contributed by atoms with Gasteiger partial charge < -0.3 is 14.8 Å². The first-order valence-electron chi connectivity index (χ1n) is 8.16. The highest BCUT2D eigenvalue weighted by Crippen LogP contribution is 2.30. The summed E-state index contributed by atoms with van der Waals surface area (Å²) in [6, 6.07) is 6.83. The summed E-state index contributed by atoms with van der Waals surface area (Å²) in [5.41, 5.74) is 1.26. The molecule has 0 unspecified atom stereocenters. The van der Waals surface area contributed by atoms with Crippen molar-refractivity contribution in [2.45, 2.75) is 53.1 Å². The van der Waals surface area contributed by atoms with Crippen LogP contribution in [0.4, 0.5) is 0 Å². The Kier molecular flexibility index (Phi) is 5.92. The standard InChI is InChI=1S/C18H29NO2/c1-13(2)9-16(10-14(3)4)19-12-15-5-6-17-18(11-15)21-8-7-20-17/h5-6,11,13-14,16,19H,7-10,12H2,1-4H3. The van der Waals surface area contributed by atoms with Gasteiger partial charge in [0.15, 0.2) is 11.5 Å². The fraction of sp³-hybridized carbons (Fsp3) is 0.667. The molecule has 118 valence electrons. The fourth-order valence-corrected chi connectivity index (χ4v) is 2.86. The predicted octanol–water partition coefficient (Wildman–Crippen LogP) is 4.01. The first kappa shape index (κ1) is 16.2. The number of fused-ring (bicyclic) bond motifs is 1. The summed E-state index contributed by atoms with van der Waals surface area (Å²) in [5.74, 6) is 3.19. The summed E-state index contributed by atoms with van der Waals surface area (Å²) in [4.78, 5) is 0. The van der Waals surface area contributed by atoms with E-state index in [1.807, 2.05) is 6.07 Å². The van der Waals surface area contributed by atoms with Crippen molar-refractivity contribution in [2.24, 2.45) is 11.8 Å². The molecule has 1 N–H and O–H groups in total. The van der Waals surface area contributed by atoms with Crippen molar-refractivity contribution in [3.63, 3.8) is 0 Å². The van der Waals surface area contributed by atoms with Crippen LogP contribution in [-0.4, -0.2) is 19.3 Å². The van der Waals surface area contributed by atoms with E-state index in [-0.39, 0.29) is 0 Å². The van der Waals surface area contributed by atoms with Gasteiger partial charge in [-0.3, -0.25) is 0 Å². The Labute approximate surface area is 129 Å². The fourth-order valence-electron chi connectivity index (χ4n) is 2.86. The Morgan fingerprint density at radius 1 is 0.952 bits per heavy atom. The average molecular weight is 291 g/mol.